The maximum atomic E-state index is 13.3. The number of amides is 4. The number of allylic oxidation sites excluding steroid dienone is 3. The molecule has 7 nitrogen and oxygen atoms in total. The average molecular weight is 470 g/mol. The van der Waals surface area contributed by atoms with Crippen molar-refractivity contribution in [3.05, 3.63) is 23.3 Å². The van der Waals surface area contributed by atoms with Gasteiger partial charge >= 0.3 is 0 Å². The maximum absolute atomic E-state index is 13.3. The van der Waals surface area contributed by atoms with Crippen molar-refractivity contribution in [1.29, 1.82) is 0 Å². The predicted molar refractivity (Wildman–Crippen MR) is 129 cm³/mol. The first kappa shape index (κ1) is 24.8. The largest absolute Gasteiger partial charge is 0.299 e. The van der Waals surface area contributed by atoms with Crippen LogP contribution >= 0.6 is 0 Å². The molecular weight excluding hydrogens is 430 g/mol. The highest BCUT2D eigenvalue weighted by molar-refractivity contribution is 6.17. The number of carbonyl (C=O) groups excluding carboxylic acids is 4. The van der Waals surface area contributed by atoms with Crippen LogP contribution in [0.3, 0.4) is 0 Å². The zero-order chi connectivity index (χ0) is 24.9. The van der Waals surface area contributed by atoms with E-state index in [9.17, 15) is 19.2 Å². The minimum absolute atomic E-state index is 0.152. The highest BCUT2D eigenvalue weighted by atomic mass is 16.2. The number of carbonyl (C=O) groups is 4. The molecule has 2 saturated carbocycles. The molecule has 4 rings (SSSR count). The molecule has 186 valence electrons. The minimum atomic E-state index is -0.638. The highest BCUT2D eigenvalue weighted by Crippen LogP contribution is 2.57. The Morgan fingerprint density at radius 1 is 0.912 bits per heavy atom. The van der Waals surface area contributed by atoms with E-state index in [1.54, 1.807) is 0 Å². The lowest BCUT2D eigenvalue weighted by atomic mass is 9.59. The fourth-order valence-electron chi connectivity index (χ4n) is 6.57. The second-order valence-electron chi connectivity index (χ2n) is 11.2. The van der Waals surface area contributed by atoms with E-state index in [2.05, 4.69) is 51.8 Å². The van der Waals surface area contributed by atoms with Gasteiger partial charge in [0.25, 0.3) is 0 Å². The third kappa shape index (κ3) is 4.06. The van der Waals surface area contributed by atoms with Gasteiger partial charge in [0.2, 0.25) is 23.6 Å². The number of likely N-dealkylation sites (N-methyl/N-ethyl adjacent to an activating group) is 1. The van der Waals surface area contributed by atoms with Crippen molar-refractivity contribution in [2.45, 2.75) is 71.9 Å². The molecule has 0 bridgehead atoms. The van der Waals surface area contributed by atoms with Gasteiger partial charge in [-0.1, -0.05) is 30.2 Å². The van der Waals surface area contributed by atoms with Crippen molar-refractivity contribution in [2.75, 3.05) is 20.6 Å². The van der Waals surface area contributed by atoms with Gasteiger partial charge in [0.15, 0.2) is 0 Å². The van der Waals surface area contributed by atoms with E-state index < -0.39 is 23.7 Å². The number of imide groups is 2. The molecule has 0 aromatic rings. The molecule has 0 N–H and O–H groups in total. The van der Waals surface area contributed by atoms with Crippen LogP contribution in [-0.2, 0) is 19.2 Å². The molecule has 7 atom stereocenters. The summed E-state index contributed by atoms with van der Waals surface area (Å²) < 4.78 is 0. The lowest BCUT2D eigenvalue weighted by Crippen LogP contribution is -2.50. The van der Waals surface area contributed by atoms with Gasteiger partial charge in [0.05, 0.1) is 23.7 Å². The van der Waals surface area contributed by atoms with Crippen LogP contribution in [0.4, 0.5) is 0 Å². The van der Waals surface area contributed by atoms with Gasteiger partial charge in [-0.25, -0.2) is 0 Å². The molecule has 2 aliphatic carbocycles. The standard InChI is InChI=1S/C27H39N3O4/c1-15(2)8-7-9-16(3)12-13-28(5)19-14-18(11-10-17(19)4)30-26(33)22-20-21(23(22)27(30)34)25(32)29(6)24(20)31/h8,12,17-23H,7,9-11,13-14H2,1-6H3/b16-12+. The molecule has 34 heavy (non-hydrogen) atoms. The molecule has 7 unspecified atom stereocenters. The number of rotatable bonds is 7. The van der Waals surface area contributed by atoms with Crippen LogP contribution in [0.5, 0.6) is 0 Å². The van der Waals surface area contributed by atoms with Crippen LogP contribution in [0.2, 0.25) is 0 Å². The second kappa shape index (κ2) is 9.40. The van der Waals surface area contributed by atoms with E-state index in [0.717, 1.165) is 43.5 Å². The number of fused-ring (bicyclic) bond motifs is 4. The third-order valence-corrected chi connectivity index (χ3v) is 8.70. The van der Waals surface area contributed by atoms with Crippen molar-refractivity contribution >= 4 is 23.6 Å². The zero-order valence-corrected chi connectivity index (χ0v) is 21.4. The van der Waals surface area contributed by atoms with Gasteiger partial charge in [0, 0.05) is 25.7 Å². The molecule has 2 aliphatic heterocycles. The molecule has 0 radical (unpaired) electrons. The quantitative estimate of drug-likeness (QED) is 0.423. The van der Waals surface area contributed by atoms with Gasteiger partial charge in [-0.2, -0.15) is 0 Å². The Bertz CT molecular complexity index is 910. The van der Waals surface area contributed by atoms with Crippen LogP contribution in [0.15, 0.2) is 23.3 Å². The summed E-state index contributed by atoms with van der Waals surface area (Å²) in [5, 5.41) is 0. The Balaban J connectivity index is 1.41. The van der Waals surface area contributed by atoms with Crippen LogP contribution in [0, 0.1) is 29.6 Å². The number of likely N-dealkylation sites (tertiary alicyclic amines) is 2. The summed E-state index contributed by atoms with van der Waals surface area (Å²) in [5.74, 6) is -3.15. The van der Waals surface area contributed by atoms with Crippen LogP contribution in [0.25, 0.3) is 0 Å². The summed E-state index contributed by atoms with van der Waals surface area (Å²) in [4.78, 5) is 56.4. The zero-order valence-electron chi connectivity index (χ0n) is 21.4. The summed E-state index contributed by atoms with van der Waals surface area (Å²) in [6.45, 7) is 9.51. The Morgan fingerprint density at radius 3 is 2.03 bits per heavy atom. The van der Waals surface area contributed by atoms with E-state index in [0.29, 0.717) is 5.92 Å². The van der Waals surface area contributed by atoms with E-state index in [1.807, 2.05) is 0 Å². The summed E-state index contributed by atoms with van der Waals surface area (Å²) in [6, 6.07) is 0.119. The average Bonchev–Trinajstić information content (AvgIpc) is 3.07. The molecule has 7 heteroatoms. The number of hydrogen-bond donors (Lipinski definition) is 0. The lowest BCUT2D eigenvalue weighted by molar-refractivity contribution is -0.146. The van der Waals surface area contributed by atoms with E-state index >= 15 is 0 Å². The Kier molecular flexibility index (Phi) is 6.87. The van der Waals surface area contributed by atoms with Crippen molar-refractivity contribution in [3.63, 3.8) is 0 Å². The van der Waals surface area contributed by atoms with E-state index in [-0.39, 0.29) is 35.7 Å². The molecule has 0 aromatic carbocycles. The molecule has 0 spiro atoms. The fraction of sp³-hybridized carbons (Fsp3) is 0.704. The van der Waals surface area contributed by atoms with Gasteiger partial charge in [-0.05, 0) is 65.8 Å². The molecule has 2 heterocycles. The molecule has 4 aliphatic rings. The van der Waals surface area contributed by atoms with E-state index in [1.165, 1.54) is 23.1 Å². The van der Waals surface area contributed by atoms with Gasteiger partial charge in [-0.3, -0.25) is 33.9 Å². The predicted octanol–water partition coefficient (Wildman–Crippen LogP) is 3.01. The first-order valence-corrected chi connectivity index (χ1v) is 12.7. The van der Waals surface area contributed by atoms with Crippen molar-refractivity contribution in [2.24, 2.45) is 29.6 Å². The highest BCUT2D eigenvalue weighted by Gasteiger charge is 2.73. The summed E-state index contributed by atoms with van der Waals surface area (Å²) in [7, 11) is 3.57. The monoisotopic (exact) mass is 469 g/mol. The fourth-order valence-corrected chi connectivity index (χ4v) is 6.57. The second-order valence-corrected chi connectivity index (χ2v) is 11.2. The number of nitrogens with zero attached hydrogens (tertiary/aromatic N) is 3. The SMILES string of the molecule is CC(C)=CCC/C(C)=C/CN(C)C1CC(N2C(=O)C3C4C(=O)N(C)C(=O)C4C3C2=O)CCC1C. The third-order valence-electron chi connectivity index (χ3n) is 8.70. The molecule has 4 fully saturated rings. The van der Waals surface area contributed by atoms with Crippen LogP contribution in [-0.4, -0.2) is 71.1 Å². The summed E-state index contributed by atoms with van der Waals surface area (Å²) >= 11 is 0. The molecule has 0 aromatic heterocycles. The Labute approximate surface area is 203 Å². The van der Waals surface area contributed by atoms with Gasteiger partial charge in [0.1, 0.15) is 0 Å². The van der Waals surface area contributed by atoms with Gasteiger partial charge < -0.3 is 0 Å². The van der Waals surface area contributed by atoms with Gasteiger partial charge in [-0.15, -0.1) is 0 Å². The lowest BCUT2D eigenvalue weighted by Gasteiger charge is -2.42. The normalized spacial score (nSPS) is 35.6. The number of hydrogen-bond acceptors (Lipinski definition) is 5. The smallest absolute Gasteiger partial charge is 0.234 e. The topological polar surface area (TPSA) is 78.0 Å². The summed E-state index contributed by atoms with van der Waals surface area (Å²) in [5.41, 5.74) is 2.72. The molecular formula is C27H39N3O4. The van der Waals surface area contributed by atoms with Crippen LogP contribution < -0.4 is 0 Å². The molecule has 2 saturated heterocycles. The van der Waals surface area contributed by atoms with Crippen LogP contribution in [0.1, 0.15) is 59.8 Å². The van der Waals surface area contributed by atoms with Crippen molar-refractivity contribution in [3.8, 4) is 0 Å². The van der Waals surface area contributed by atoms with Crippen molar-refractivity contribution < 1.29 is 19.2 Å². The first-order valence-electron chi connectivity index (χ1n) is 12.7. The van der Waals surface area contributed by atoms with E-state index in [4.69, 9.17) is 0 Å². The minimum Gasteiger partial charge on any atom is -0.299 e. The Morgan fingerprint density at radius 2 is 1.47 bits per heavy atom. The first-order chi connectivity index (χ1) is 16.0. The van der Waals surface area contributed by atoms with Crippen molar-refractivity contribution in [1.82, 2.24) is 14.7 Å². The maximum Gasteiger partial charge on any atom is 0.234 e. The Hall–Kier alpha value is -2.28. The molecule has 4 amide bonds. The summed E-state index contributed by atoms with van der Waals surface area (Å²) in [6.07, 6.45) is 9.14.